The second-order valence-corrected chi connectivity index (χ2v) is 5.03. The van der Waals surface area contributed by atoms with Crippen LogP contribution in [0.5, 0.6) is 0 Å². The van der Waals surface area contributed by atoms with Crippen molar-refractivity contribution in [3.63, 3.8) is 0 Å². The smallest absolute Gasteiger partial charge is 0.322 e. The molecule has 1 N–H and O–H groups in total. The van der Waals surface area contributed by atoms with Crippen LogP contribution >= 0.6 is 0 Å². The molecular formula is C15H22N2O2. The topological polar surface area (TPSA) is 41.6 Å². The molecule has 0 spiro atoms. The van der Waals surface area contributed by atoms with Crippen molar-refractivity contribution in [2.45, 2.75) is 31.8 Å². The Balaban J connectivity index is 2.01. The molecule has 0 aliphatic carbocycles. The number of nitrogens with one attached hydrogen (secondary N) is 1. The predicted octanol–water partition coefficient (Wildman–Crippen LogP) is 1.59. The molecule has 0 fully saturated rings. The summed E-state index contributed by atoms with van der Waals surface area (Å²) in [4.78, 5) is 13.9. The van der Waals surface area contributed by atoms with E-state index in [0.29, 0.717) is 6.04 Å². The maximum absolute atomic E-state index is 11.6. The number of carbonyl (C=O) groups is 1. The van der Waals surface area contributed by atoms with Crippen LogP contribution in [-0.4, -0.2) is 38.8 Å². The van der Waals surface area contributed by atoms with Crippen LogP contribution in [0.15, 0.2) is 24.3 Å². The predicted molar refractivity (Wildman–Crippen MR) is 76.4 cm³/mol. The second-order valence-electron chi connectivity index (χ2n) is 5.03. The number of carbonyl (C=O) groups excluding carboxylic acids is 1. The van der Waals surface area contributed by atoms with Gasteiger partial charge in [0, 0.05) is 18.3 Å². The largest absolute Gasteiger partial charge is 0.468 e. The first-order chi connectivity index (χ1) is 9.17. The van der Waals surface area contributed by atoms with E-state index in [4.69, 9.17) is 4.74 Å². The number of fused-ring (bicyclic) bond motifs is 1. The Hall–Kier alpha value is -1.55. The molecule has 2 unspecified atom stereocenters. The van der Waals surface area contributed by atoms with Crippen LogP contribution in [0.3, 0.4) is 0 Å². The number of ether oxygens (including phenoxy) is 1. The average Bonchev–Trinajstić information content (AvgIpc) is 2.75. The van der Waals surface area contributed by atoms with Gasteiger partial charge >= 0.3 is 5.97 Å². The van der Waals surface area contributed by atoms with Gasteiger partial charge in [-0.2, -0.15) is 0 Å². The first-order valence-corrected chi connectivity index (χ1v) is 6.77. The summed E-state index contributed by atoms with van der Waals surface area (Å²) in [5, 5.41) is 3.01. The highest BCUT2D eigenvalue weighted by molar-refractivity contribution is 5.75. The Morgan fingerprint density at radius 3 is 2.95 bits per heavy atom. The van der Waals surface area contributed by atoms with Gasteiger partial charge in [0.05, 0.1) is 7.11 Å². The number of nitrogens with zero attached hydrogens (tertiary/aromatic N) is 1. The minimum Gasteiger partial charge on any atom is -0.468 e. The van der Waals surface area contributed by atoms with Crippen molar-refractivity contribution >= 4 is 11.7 Å². The first kappa shape index (κ1) is 13.9. The molecule has 19 heavy (non-hydrogen) atoms. The number of para-hydroxylation sites is 1. The monoisotopic (exact) mass is 262 g/mol. The zero-order valence-electron chi connectivity index (χ0n) is 11.8. The summed E-state index contributed by atoms with van der Waals surface area (Å²) in [6.45, 7) is 3.09. The van der Waals surface area contributed by atoms with E-state index in [-0.39, 0.29) is 12.0 Å². The maximum Gasteiger partial charge on any atom is 0.322 e. The summed E-state index contributed by atoms with van der Waals surface area (Å²) in [5.41, 5.74) is 2.70. The molecule has 2 atom stereocenters. The van der Waals surface area contributed by atoms with E-state index in [1.54, 1.807) is 7.05 Å². The molecule has 0 amide bonds. The lowest BCUT2D eigenvalue weighted by molar-refractivity contribution is -0.143. The van der Waals surface area contributed by atoms with Gasteiger partial charge in [0.2, 0.25) is 0 Å². The minimum absolute atomic E-state index is 0.192. The summed E-state index contributed by atoms with van der Waals surface area (Å²) in [6, 6.07) is 8.75. The Morgan fingerprint density at radius 2 is 2.26 bits per heavy atom. The van der Waals surface area contributed by atoms with E-state index in [9.17, 15) is 4.79 Å². The fourth-order valence-corrected chi connectivity index (χ4v) is 2.76. The van der Waals surface area contributed by atoms with Gasteiger partial charge in [0.1, 0.15) is 6.04 Å². The van der Waals surface area contributed by atoms with Crippen molar-refractivity contribution in [1.29, 1.82) is 0 Å². The fraction of sp³-hybridized carbons (Fsp3) is 0.533. The molecule has 4 nitrogen and oxygen atoms in total. The molecular weight excluding hydrogens is 240 g/mol. The normalized spacial score (nSPS) is 19.1. The van der Waals surface area contributed by atoms with E-state index in [1.165, 1.54) is 18.4 Å². The highest BCUT2D eigenvalue weighted by Crippen LogP contribution is 2.31. The molecule has 1 aliphatic heterocycles. The van der Waals surface area contributed by atoms with E-state index < -0.39 is 0 Å². The molecule has 104 valence electrons. The van der Waals surface area contributed by atoms with Gasteiger partial charge in [0.25, 0.3) is 0 Å². The molecule has 1 aliphatic rings. The van der Waals surface area contributed by atoms with Crippen molar-refractivity contribution in [1.82, 2.24) is 5.32 Å². The molecule has 2 rings (SSSR count). The van der Waals surface area contributed by atoms with Crippen LogP contribution < -0.4 is 10.2 Å². The molecule has 0 radical (unpaired) electrons. The van der Waals surface area contributed by atoms with Crippen LogP contribution in [0.1, 0.15) is 18.9 Å². The van der Waals surface area contributed by atoms with E-state index in [1.807, 2.05) is 0 Å². The quantitative estimate of drug-likeness (QED) is 0.818. The zero-order chi connectivity index (χ0) is 13.8. The summed E-state index contributed by atoms with van der Waals surface area (Å²) in [5.74, 6) is -0.192. The number of benzene rings is 1. The molecule has 0 bridgehead atoms. The lowest BCUT2D eigenvalue weighted by atomic mass is 10.1. The van der Waals surface area contributed by atoms with Gasteiger partial charge in [-0.15, -0.1) is 0 Å². The summed E-state index contributed by atoms with van der Waals surface area (Å²) in [6.07, 6.45) is 1.83. The summed E-state index contributed by atoms with van der Waals surface area (Å²) in [7, 11) is 3.23. The van der Waals surface area contributed by atoms with Crippen LogP contribution in [0.25, 0.3) is 0 Å². The lowest BCUT2D eigenvalue weighted by Gasteiger charge is -2.26. The van der Waals surface area contributed by atoms with Crippen LogP contribution in [0.4, 0.5) is 5.69 Å². The minimum atomic E-state index is -0.232. The number of anilines is 1. The first-order valence-electron chi connectivity index (χ1n) is 6.77. The third kappa shape index (κ3) is 2.89. The highest BCUT2D eigenvalue weighted by Gasteiger charge is 2.27. The molecule has 0 saturated heterocycles. The second kappa shape index (κ2) is 6.06. The van der Waals surface area contributed by atoms with Gasteiger partial charge in [-0.1, -0.05) is 18.2 Å². The number of esters is 1. The van der Waals surface area contributed by atoms with Crippen molar-refractivity contribution in [2.75, 3.05) is 25.6 Å². The fourth-order valence-electron chi connectivity index (χ4n) is 2.76. The Morgan fingerprint density at radius 1 is 1.53 bits per heavy atom. The van der Waals surface area contributed by atoms with Crippen molar-refractivity contribution < 1.29 is 9.53 Å². The standard InChI is InChI=1S/C15H22N2O2/c1-11-10-12-6-4-5-7-14(12)17(11)9-8-13(16-2)15(18)19-3/h4-7,11,13,16H,8-10H2,1-3H3. The van der Waals surface area contributed by atoms with Gasteiger partial charge < -0.3 is 15.0 Å². The van der Waals surface area contributed by atoms with Gasteiger partial charge in [0.15, 0.2) is 0 Å². The molecule has 1 heterocycles. The van der Waals surface area contributed by atoms with E-state index >= 15 is 0 Å². The van der Waals surface area contributed by atoms with E-state index in [2.05, 4.69) is 41.4 Å². The third-order valence-corrected chi connectivity index (χ3v) is 3.84. The van der Waals surface area contributed by atoms with Crippen molar-refractivity contribution in [3.05, 3.63) is 29.8 Å². The van der Waals surface area contributed by atoms with Crippen LogP contribution in [0.2, 0.25) is 0 Å². The van der Waals surface area contributed by atoms with Crippen LogP contribution in [-0.2, 0) is 16.0 Å². The Bertz CT molecular complexity index is 448. The van der Waals surface area contributed by atoms with Gasteiger partial charge in [-0.05, 0) is 38.4 Å². The number of hydrogen-bond donors (Lipinski definition) is 1. The summed E-state index contributed by atoms with van der Waals surface area (Å²) >= 11 is 0. The maximum atomic E-state index is 11.6. The van der Waals surface area contributed by atoms with Gasteiger partial charge in [-0.25, -0.2) is 0 Å². The lowest BCUT2D eigenvalue weighted by Crippen LogP contribution is -2.40. The zero-order valence-corrected chi connectivity index (χ0v) is 11.8. The Labute approximate surface area is 114 Å². The third-order valence-electron chi connectivity index (χ3n) is 3.84. The van der Waals surface area contributed by atoms with Crippen molar-refractivity contribution in [2.24, 2.45) is 0 Å². The number of likely N-dealkylation sites (N-methyl/N-ethyl adjacent to an activating group) is 1. The van der Waals surface area contributed by atoms with Crippen LogP contribution in [0, 0.1) is 0 Å². The van der Waals surface area contributed by atoms with E-state index in [0.717, 1.165) is 19.4 Å². The molecule has 1 aromatic carbocycles. The van der Waals surface area contributed by atoms with Crippen molar-refractivity contribution in [3.8, 4) is 0 Å². The number of rotatable bonds is 5. The highest BCUT2D eigenvalue weighted by atomic mass is 16.5. The molecule has 4 heteroatoms. The Kier molecular flexibility index (Phi) is 4.43. The SMILES string of the molecule is CNC(CCN1c2ccccc2CC1C)C(=O)OC. The molecule has 1 aromatic rings. The summed E-state index contributed by atoms with van der Waals surface area (Å²) < 4.78 is 4.79. The number of methoxy groups -OCH3 is 1. The molecule has 0 aromatic heterocycles. The average molecular weight is 262 g/mol. The van der Waals surface area contributed by atoms with Gasteiger partial charge in [-0.3, -0.25) is 4.79 Å². The molecule has 0 saturated carbocycles. The number of hydrogen-bond acceptors (Lipinski definition) is 4.